The SMILES string of the molecule is CC(C)(C)[C@H]1CCc2nc3sc(C(=O)NC(CC=O)c4ccc(-c5ccc(=O)[nH]c5)cc4)cc3cc2C1. The van der Waals surface area contributed by atoms with Gasteiger partial charge in [0.15, 0.2) is 0 Å². The molecule has 7 heteroatoms. The van der Waals surface area contributed by atoms with Gasteiger partial charge < -0.3 is 15.1 Å². The summed E-state index contributed by atoms with van der Waals surface area (Å²) in [6.07, 6.45) is 5.81. The van der Waals surface area contributed by atoms with Crippen LogP contribution < -0.4 is 10.9 Å². The highest BCUT2D eigenvalue weighted by molar-refractivity contribution is 7.20. The van der Waals surface area contributed by atoms with Gasteiger partial charge in [-0.15, -0.1) is 11.3 Å². The molecule has 1 unspecified atom stereocenters. The van der Waals surface area contributed by atoms with Gasteiger partial charge in [0.2, 0.25) is 5.56 Å². The van der Waals surface area contributed by atoms with Crippen LogP contribution in [0, 0.1) is 11.3 Å². The summed E-state index contributed by atoms with van der Waals surface area (Å²) in [6.45, 7) is 6.90. The largest absolute Gasteiger partial charge is 0.344 e. The number of fused-ring (bicyclic) bond motifs is 2. The van der Waals surface area contributed by atoms with E-state index in [-0.39, 0.29) is 23.3 Å². The molecule has 37 heavy (non-hydrogen) atoms. The minimum absolute atomic E-state index is 0.153. The molecule has 1 amide bonds. The third-order valence-corrected chi connectivity index (χ3v) is 8.43. The molecule has 2 atom stereocenters. The molecule has 0 spiro atoms. The maximum absolute atomic E-state index is 13.2. The van der Waals surface area contributed by atoms with E-state index >= 15 is 0 Å². The van der Waals surface area contributed by atoms with E-state index in [4.69, 9.17) is 4.98 Å². The van der Waals surface area contributed by atoms with Gasteiger partial charge in [-0.05, 0) is 71.0 Å². The molecule has 1 aliphatic carbocycles. The van der Waals surface area contributed by atoms with Gasteiger partial charge in [-0.3, -0.25) is 9.59 Å². The molecule has 0 aliphatic heterocycles. The van der Waals surface area contributed by atoms with Crippen LogP contribution in [-0.2, 0) is 17.6 Å². The topological polar surface area (TPSA) is 91.9 Å². The number of amides is 1. The molecule has 6 nitrogen and oxygen atoms in total. The monoisotopic (exact) mass is 513 g/mol. The number of thiophene rings is 1. The predicted molar refractivity (Wildman–Crippen MR) is 148 cm³/mol. The van der Waals surface area contributed by atoms with Crippen molar-refractivity contribution in [3.05, 3.63) is 86.8 Å². The number of nitrogens with zero attached hydrogens (tertiary/aromatic N) is 1. The van der Waals surface area contributed by atoms with E-state index in [1.54, 1.807) is 12.3 Å². The van der Waals surface area contributed by atoms with E-state index in [2.05, 4.69) is 37.1 Å². The highest BCUT2D eigenvalue weighted by Gasteiger charge is 2.30. The molecule has 1 aromatic carbocycles. The molecule has 2 N–H and O–H groups in total. The van der Waals surface area contributed by atoms with Crippen LogP contribution in [-0.4, -0.2) is 22.2 Å². The van der Waals surface area contributed by atoms with E-state index in [1.807, 2.05) is 30.3 Å². The molecule has 5 rings (SSSR count). The number of benzene rings is 1. The first-order valence-corrected chi connectivity index (χ1v) is 13.5. The number of rotatable bonds is 6. The number of hydrogen-bond donors (Lipinski definition) is 2. The number of hydrogen-bond acceptors (Lipinski definition) is 5. The number of carbonyl (C=O) groups excluding carboxylic acids is 2. The zero-order valence-electron chi connectivity index (χ0n) is 21.3. The van der Waals surface area contributed by atoms with Crippen LogP contribution in [0.1, 0.15) is 66.1 Å². The van der Waals surface area contributed by atoms with Crippen molar-refractivity contribution in [1.82, 2.24) is 15.3 Å². The average Bonchev–Trinajstić information content (AvgIpc) is 3.30. The molecule has 1 aliphatic rings. The molecule has 0 saturated carbocycles. The van der Waals surface area contributed by atoms with Gasteiger partial charge in [-0.2, -0.15) is 0 Å². The maximum atomic E-state index is 13.2. The van der Waals surface area contributed by atoms with Crippen LogP contribution in [0.5, 0.6) is 0 Å². The second-order valence-corrected chi connectivity index (χ2v) is 11.9. The number of nitrogens with one attached hydrogen (secondary N) is 2. The Labute approximate surface area is 220 Å². The van der Waals surface area contributed by atoms with Gasteiger partial charge in [0.1, 0.15) is 11.1 Å². The summed E-state index contributed by atoms with van der Waals surface area (Å²) in [7, 11) is 0. The summed E-state index contributed by atoms with van der Waals surface area (Å²) < 4.78 is 0. The molecular formula is C30H31N3O3S. The molecule has 3 aromatic heterocycles. The quantitative estimate of drug-likeness (QED) is 0.316. The van der Waals surface area contributed by atoms with Gasteiger partial charge in [0, 0.05) is 29.8 Å². The number of aldehydes is 1. The summed E-state index contributed by atoms with van der Waals surface area (Å²) in [5, 5.41) is 4.04. The van der Waals surface area contributed by atoms with Crippen LogP contribution in [0.15, 0.2) is 59.5 Å². The number of H-pyrrole nitrogens is 1. The van der Waals surface area contributed by atoms with Gasteiger partial charge in [0.25, 0.3) is 5.91 Å². The lowest BCUT2D eigenvalue weighted by molar-refractivity contribution is -0.108. The fourth-order valence-electron chi connectivity index (χ4n) is 5.08. The highest BCUT2D eigenvalue weighted by atomic mass is 32.1. The van der Waals surface area contributed by atoms with Crippen molar-refractivity contribution >= 4 is 33.7 Å². The summed E-state index contributed by atoms with van der Waals surface area (Å²) >= 11 is 1.40. The summed E-state index contributed by atoms with van der Waals surface area (Å²) in [5.74, 6) is 0.422. The molecule has 0 radical (unpaired) electrons. The normalized spacial score (nSPS) is 16.2. The Kier molecular flexibility index (Phi) is 6.82. The van der Waals surface area contributed by atoms with Crippen molar-refractivity contribution in [2.75, 3.05) is 0 Å². The lowest BCUT2D eigenvalue weighted by Gasteiger charge is -2.34. The van der Waals surface area contributed by atoms with Gasteiger partial charge in [-0.1, -0.05) is 45.0 Å². The Morgan fingerprint density at radius 2 is 1.92 bits per heavy atom. The molecule has 0 fully saturated rings. The van der Waals surface area contributed by atoms with Crippen LogP contribution >= 0.6 is 11.3 Å². The van der Waals surface area contributed by atoms with Gasteiger partial charge >= 0.3 is 0 Å². The van der Waals surface area contributed by atoms with E-state index < -0.39 is 6.04 Å². The fraction of sp³-hybridized carbons (Fsp3) is 0.333. The molecule has 190 valence electrons. The van der Waals surface area contributed by atoms with Crippen molar-refractivity contribution < 1.29 is 9.59 Å². The molecule has 3 heterocycles. The van der Waals surface area contributed by atoms with Crippen molar-refractivity contribution in [3.8, 4) is 11.1 Å². The van der Waals surface area contributed by atoms with E-state index in [9.17, 15) is 14.4 Å². The van der Waals surface area contributed by atoms with Gasteiger partial charge in [-0.25, -0.2) is 4.98 Å². The molecular weight excluding hydrogens is 482 g/mol. The van der Waals surface area contributed by atoms with Crippen LogP contribution in [0.4, 0.5) is 0 Å². The number of aromatic amines is 1. The second kappa shape index (κ2) is 10.1. The first-order valence-electron chi connectivity index (χ1n) is 12.7. The third-order valence-electron chi connectivity index (χ3n) is 7.39. The first-order chi connectivity index (χ1) is 17.7. The van der Waals surface area contributed by atoms with Crippen LogP contribution in [0.2, 0.25) is 0 Å². The minimum Gasteiger partial charge on any atom is -0.344 e. The molecule has 4 aromatic rings. The standard InChI is InChI=1S/C30H31N3O3S/c1-30(2,3)23-9-10-24-21(15-23)14-22-16-26(37-29(22)33-24)28(36)32-25(12-13-34)19-6-4-18(5-7-19)20-8-11-27(35)31-17-20/h4-8,11,13-14,16-17,23,25H,9-10,12,15H2,1-3H3,(H,31,35)(H,32,36)/t23-,25?/m0/s1. The smallest absolute Gasteiger partial charge is 0.261 e. The van der Waals surface area contributed by atoms with Crippen LogP contribution in [0.25, 0.3) is 21.3 Å². The Morgan fingerprint density at radius 1 is 1.16 bits per heavy atom. The lowest BCUT2D eigenvalue weighted by atomic mass is 9.71. The van der Waals surface area contributed by atoms with Crippen LogP contribution in [0.3, 0.4) is 0 Å². The average molecular weight is 514 g/mol. The first kappa shape index (κ1) is 25.1. The Morgan fingerprint density at radius 3 is 2.59 bits per heavy atom. The van der Waals surface area contributed by atoms with E-state index in [0.717, 1.165) is 58.1 Å². The zero-order valence-corrected chi connectivity index (χ0v) is 22.2. The third kappa shape index (κ3) is 5.42. The summed E-state index contributed by atoms with van der Waals surface area (Å²) in [5.41, 5.74) is 5.23. The summed E-state index contributed by atoms with van der Waals surface area (Å²) in [4.78, 5) is 45.0. The fourth-order valence-corrected chi connectivity index (χ4v) is 6.01. The minimum atomic E-state index is -0.437. The van der Waals surface area contributed by atoms with Crippen molar-refractivity contribution in [2.24, 2.45) is 11.3 Å². The molecule has 0 bridgehead atoms. The Hall–Kier alpha value is -3.58. The van der Waals surface area contributed by atoms with E-state index in [1.165, 1.54) is 23.0 Å². The second-order valence-electron chi connectivity index (χ2n) is 10.9. The summed E-state index contributed by atoms with van der Waals surface area (Å²) in [6, 6.07) is 14.6. The Balaban J connectivity index is 1.35. The number of pyridine rings is 2. The highest BCUT2D eigenvalue weighted by Crippen LogP contribution is 2.38. The number of carbonyl (C=O) groups is 2. The number of aryl methyl sites for hydroxylation is 1. The lowest BCUT2D eigenvalue weighted by Crippen LogP contribution is -2.28. The predicted octanol–water partition coefficient (Wildman–Crippen LogP) is 5.86. The number of aromatic nitrogens is 2. The van der Waals surface area contributed by atoms with Crippen molar-refractivity contribution in [2.45, 2.75) is 52.5 Å². The van der Waals surface area contributed by atoms with Crippen molar-refractivity contribution in [1.29, 1.82) is 0 Å². The van der Waals surface area contributed by atoms with E-state index in [0.29, 0.717) is 10.8 Å². The maximum Gasteiger partial charge on any atom is 0.261 e. The molecule has 0 saturated heterocycles. The van der Waals surface area contributed by atoms with Crippen molar-refractivity contribution in [3.63, 3.8) is 0 Å². The zero-order chi connectivity index (χ0) is 26.2. The van der Waals surface area contributed by atoms with Gasteiger partial charge in [0.05, 0.1) is 10.9 Å². The Bertz CT molecular complexity index is 1490.